The molecule has 2 rings (SSSR count). The fourth-order valence-corrected chi connectivity index (χ4v) is 1.55. The summed E-state index contributed by atoms with van der Waals surface area (Å²) < 4.78 is 5.08. The minimum Gasteiger partial charge on any atom is -0.504 e. The molecule has 0 bridgehead atoms. The summed E-state index contributed by atoms with van der Waals surface area (Å²) in [6, 6.07) is 4.56. The molecule has 1 aromatic heterocycles. The number of aldehydes is 1. The highest BCUT2D eigenvalue weighted by molar-refractivity contribution is 5.89. The molecular weight excluding hydrogens is 220 g/mol. The van der Waals surface area contributed by atoms with Crippen molar-refractivity contribution in [3.05, 3.63) is 36.2 Å². The van der Waals surface area contributed by atoms with Gasteiger partial charge in [-0.15, -0.1) is 0 Å². The summed E-state index contributed by atoms with van der Waals surface area (Å²) in [4.78, 5) is 19.1. The third-order valence-corrected chi connectivity index (χ3v) is 2.29. The molecule has 0 spiro atoms. The van der Waals surface area contributed by atoms with E-state index >= 15 is 0 Å². The van der Waals surface area contributed by atoms with E-state index in [1.54, 1.807) is 18.5 Å². The molecule has 0 aliphatic rings. The Morgan fingerprint density at radius 2 is 2.00 bits per heavy atom. The van der Waals surface area contributed by atoms with Crippen LogP contribution in [0.25, 0.3) is 11.4 Å². The van der Waals surface area contributed by atoms with Gasteiger partial charge in [-0.1, -0.05) is 0 Å². The van der Waals surface area contributed by atoms with Crippen molar-refractivity contribution in [1.82, 2.24) is 9.97 Å². The Morgan fingerprint density at radius 3 is 2.59 bits per heavy atom. The Labute approximate surface area is 97.7 Å². The molecule has 5 nitrogen and oxygen atoms in total. The zero-order valence-corrected chi connectivity index (χ0v) is 9.12. The third-order valence-electron chi connectivity index (χ3n) is 2.29. The molecular formula is C12H10N2O3. The van der Waals surface area contributed by atoms with E-state index in [0.717, 1.165) is 0 Å². The summed E-state index contributed by atoms with van der Waals surface area (Å²) in [5.41, 5.74) is 0.758. The van der Waals surface area contributed by atoms with Crippen LogP contribution in [0.5, 0.6) is 11.5 Å². The van der Waals surface area contributed by atoms with Gasteiger partial charge in [0.05, 0.1) is 12.7 Å². The smallest absolute Gasteiger partial charge is 0.172 e. The predicted octanol–water partition coefficient (Wildman–Crippen LogP) is 1.67. The van der Waals surface area contributed by atoms with Gasteiger partial charge in [0.25, 0.3) is 0 Å². The molecule has 1 aromatic carbocycles. The molecule has 0 saturated carbocycles. The summed E-state index contributed by atoms with van der Waals surface area (Å²) in [7, 11) is 1.41. The molecule has 17 heavy (non-hydrogen) atoms. The van der Waals surface area contributed by atoms with Crippen molar-refractivity contribution in [2.75, 3.05) is 7.11 Å². The second-order valence-corrected chi connectivity index (χ2v) is 3.27. The van der Waals surface area contributed by atoms with Crippen LogP contribution in [0.4, 0.5) is 0 Å². The molecule has 0 saturated heterocycles. The Bertz CT molecular complexity index is 541. The highest BCUT2D eigenvalue weighted by atomic mass is 16.5. The maximum Gasteiger partial charge on any atom is 0.172 e. The summed E-state index contributed by atoms with van der Waals surface area (Å²) in [6.45, 7) is 0. The van der Waals surface area contributed by atoms with Gasteiger partial charge in [0, 0.05) is 18.0 Å². The number of benzene rings is 1. The number of carbonyl (C=O) groups excluding carboxylic acids is 1. The van der Waals surface area contributed by atoms with E-state index in [4.69, 9.17) is 4.74 Å². The minimum absolute atomic E-state index is 0.0550. The monoisotopic (exact) mass is 230 g/mol. The van der Waals surface area contributed by atoms with E-state index in [9.17, 15) is 9.90 Å². The summed E-state index contributed by atoms with van der Waals surface area (Å²) in [5, 5.41) is 9.68. The van der Waals surface area contributed by atoms with Crippen LogP contribution >= 0.6 is 0 Å². The Kier molecular flexibility index (Phi) is 3.00. The molecule has 86 valence electrons. The number of hydrogen-bond donors (Lipinski definition) is 1. The lowest BCUT2D eigenvalue weighted by molar-refractivity contribution is 0.112. The molecule has 0 aliphatic carbocycles. The van der Waals surface area contributed by atoms with Crippen LogP contribution in [0.2, 0.25) is 0 Å². The van der Waals surface area contributed by atoms with E-state index in [1.165, 1.54) is 19.2 Å². The highest BCUT2D eigenvalue weighted by Crippen LogP contribution is 2.37. The summed E-state index contributed by atoms with van der Waals surface area (Å²) in [6.07, 6.45) is 3.79. The average Bonchev–Trinajstić information content (AvgIpc) is 2.39. The molecule has 5 heteroatoms. The molecule has 0 fully saturated rings. The number of nitrogens with zero attached hydrogens (tertiary/aromatic N) is 2. The van der Waals surface area contributed by atoms with Crippen LogP contribution in [0.15, 0.2) is 30.6 Å². The zero-order chi connectivity index (χ0) is 12.3. The van der Waals surface area contributed by atoms with E-state index in [0.29, 0.717) is 23.2 Å². The number of phenols is 1. The summed E-state index contributed by atoms with van der Waals surface area (Å²) in [5.74, 6) is 0.476. The zero-order valence-electron chi connectivity index (χ0n) is 9.12. The van der Waals surface area contributed by atoms with E-state index in [-0.39, 0.29) is 11.5 Å². The third kappa shape index (κ3) is 1.94. The molecule has 0 atom stereocenters. The van der Waals surface area contributed by atoms with Gasteiger partial charge in [0.2, 0.25) is 0 Å². The first-order valence-electron chi connectivity index (χ1n) is 4.90. The molecule has 0 unspecified atom stereocenters. The summed E-state index contributed by atoms with van der Waals surface area (Å²) >= 11 is 0. The Hall–Kier alpha value is -2.43. The van der Waals surface area contributed by atoms with Crippen molar-refractivity contribution in [2.45, 2.75) is 0 Å². The fraction of sp³-hybridized carbons (Fsp3) is 0.0833. The lowest BCUT2D eigenvalue weighted by Gasteiger charge is -2.10. The average molecular weight is 230 g/mol. The molecule has 0 amide bonds. The van der Waals surface area contributed by atoms with Crippen LogP contribution in [0, 0.1) is 0 Å². The van der Waals surface area contributed by atoms with Crippen molar-refractivity contribution < 1.29 is 14.6 Å². The number of hydrogen-bond acceptors (Lipinski definition) is 5. The van der Waals surface area contributed by atoms with Gasteiger partial charge in [-0.3, -0.25) is 4.79 Å². The highest BCUT2D eigenvalue weighted by Gasteiger charge is 2.17. The predicted molar refractivity (Wildman–Crippen MR) is 61.1 cm³/mol. The van der Waals surface area contributed by atoms with E-state index in [1.807, 2.05) is 0 Å². The van der Waals surface area contributed by atoms with Crippen molar-refractivity contribution in [3.63, 3.8) is 0 Å². The molecule has 1 heterocycles. The number of aromatic nitrogens is 2. The Balaban J connectivity index is 2.73. The standard InChI is InChI=1S/C12H10N2O3/c1-17-11-9(16)4-3-8(7-15)10(11)12-13-5-2-6-14-12/h2-7,16H,1H3. The minimum atomic E-state index is -0.0550. The lowest BCUT2D eigenvalue weighted by Crippen LogP contribution is -1.97. The van der Waals surface area contributed by atoms with Gasteiger partial charge in [-0.05, 0) is 18.2 Å². The fourth-order valence-electron chi connectivity index (χ4n) is 1.55. The van der Waals surface area contributed by atoms with Crippen molar-refractivity contribution in [3.8, 4) is 22.9 Å². The molecule has 0 radical (unpaired) electrons. The number of methoxy groups -OCH3 is 1. The second kappa shape index (κ2) is 4.61. The number of rotatable bonds is 3. The first kappa shape index (κ1) is 11.1. The normalized spacial score (nSPS) is 9.94. The van der Waals surface area contributed by atoms with E-state index < -0.39 is 0 Å². The van der Waals surface area contributed by atoms with Crippen LogP contribution in [0.1, 0.15) is 10.4 Å². The van der Waals surface area contributed by atoms with Crippen molar-refractivity contribution >= 4 is 6.29 Å². The second-order valence-electron chi connectivity index (χ2n) is 3.27. The maximum atomic E-state index is 11.0. The maximum absolute atomic E-state index is 11.0. The van der Waals surface area contributed by atoms with Gasteiger partial charge in [0.1, 0.15) is 0 Å². The number of ether oxygens (including phenoxy) is 1. The number of aromatic hydroxyl groups is 1. The Morgan fingerprint density at radius 1 is 1.29 bits per heavy atom. The molecule has 2 aromatic rings. The number of carbonyl (C=O) groups is 1. The van der Waals surface area contributed by atoms with Crippen LogP contribution < -0.4 is 4.74 Å². The van der Waals surface area contributed by atoms with Crippen molar-refractivity contribution in [1.29, 1.82) is 0 Å². The van der Waals surface area contributed by atoms with Gasteiger partial charge in [-0.25, -0.2) is 9.97 Å². The van der Waals surface area contributed by atoms with Gasteiger partial charge >= 0.3 is 0 Å². The molecule has 0 aliphatic heterocycles. The quantitative estimate of drug-likeness (QED) is 0.812. The largest absolute Gasteiger partial charge is 0.504 e. The van der Waals surface area contributed by atoms with Gasteiger partial charge in [0.15, 0.2) is 23.6 Å². The first-order chi connectivity index (χ1) is 8.27. The van der Waals surface area contributed by atoms with E-state index in [2.05, 4.69) is 9.97 Å². The SMILES string of the molecule is COc1c(O)ccc(C=O)c1-c1ncccn1. The van der Waals surface area contributed by atoms with Gasteiger partial charge in [-0.2, -0.15) is 0 Å². The number of phenolic OH excluding ortho intramolecular Hbond substituents is 1. The first-order valence-corrected chi connectivity index (χ1v) is 4.90. The lowest BCUT2D eigenvalue weighted by atomic mass is 10.1. The van der Waals surface area contributed by atoms with Gasteiger partial charge < -0.3 is 9.84 Å². The van der Waals surface area contributed by atoms with Crippen LogP contribution in [-0.4, -0.2) is 28.5 Å². The topological polar surface area (TPSA) is 72.3 Å². The van der Waals surface area contributed by atoms with Crippen molar-refractivity contribution in [2.24, 2.45) is 0 Å². The molecule has 1 N–H and O–H groups in total. The van der Waals surface area contributed by atoms with Crippen LogP contribution in [0.3, 0.4) is 0 Å². The van der Waals surface area contributed by atoms with Crippen LogP contribution in [-0.2, 0) is 0 Å².